The Morgan fingerprint density at radius 1 is 1.12 bits per heavy atom. The molecule has 0 saturated heterocycles. The molecule has 2 aromatic carbocycles. The number of nitrogens with one attached hydrogen (secondary N) is 2. The van der Waals surface area contributed by atoms with Gasteiger partial charge in [0.05, 0.1) is 11.1 Å². The summed E-state index contributed by atoms with van der Waals surface area (Å²) in [6, 6.07) is 13.4. The van der Waals surface area contributed by atoms with Crippen LogP contribution < -0.4 is 10.6 Å². The molecular weight excluding hydrogens is 327 g/mol. The minimum absolute atomic E-state index is 0. The first-order valence-corrected chi connectivity index (χ1v) is 8.09. The number of anilines is 1. The predicted octanol–water partition coefficient (Wildman–Crippen LogP) is 3.56. The summed E-state index contributed by atoms with van der Waals surface area (Å²) in [5.74, 6) is -0.377. The van der Waals surface area contributed by atoms with Gasteiger partial charge in [0.25, 0.3) is 0 Å². The van der Waals surface area contributed by atoms with Crippen LogP contribution in [0.1, 0.15) is 29.5 Å². The largest absolute Gasteiger partial charge is 0.323 e. The highest BCUT2D eigenvalue weighted by Gasteiger charge is 2.51. The maximum absolute atomic E-state index is 14.7. The van der Waals surface area contributed by atoms with E-state index >= 15 is 0 Å². The molecule has 0 spiro atoms. The number of hydrogen-bond acceptors (Lipinski definition) is 2. The Labute approximate surface area is 147 Å². The van der Waals surface area contributed by atoms with Crippen LogP contribution >= 0.6 is 12.4 Å². The number of rotatable bonds is 3. The number of carbonyl (C=O) groups is 1. The van der Waals surface area contributed by atoms with Crippen LogP contribution in [-0.4, -0.2) is 12.5 Å². The van der Waals surface area contributed by atoms with E-state index in [1.165, 1.54) is 0 Å². The number of fused-ring (bicyclic) bond motifs is 1. The summed E-state index contributed by atoms with van der Waals surface area (Å²) in [5.41, 5.74) is 2.55. The quantitative estimate of drug-likeness (QED) is 0.892. The lowest BCUT2D eigenvalue weighted by Crippen LogP contribution is -2.29. The second-order valence-corrected chi connectivity index (χ2v) is 6.39. The molecule has 1 saturated carbocycles. The van der Waals surface area contributed by atoms with Crippen LogP contribution in [0.15, 0.2) is 42.5 Å². The molecule has 0 aromatic heterocycles. The number of hydrogen-bond donors (Lipinski definition) is 2. The van der Waals surface area contributed by atoms with Gasteiger partial charge >= 0.3 is 0 Å². The Balaban J connectivity index is 0.00000169. The van der Waals surface area contributed by atoms with Crippen LogP contribution in [0.25, 0.3) is 0 Å². The van der Waals surface area contributed by atoms with Gasteiger partial charge in [-0.15, -0.1) is 12.4 Å². The van der Waals surface area contributed by atoms with Crippen molar-refractivity contribution < 1.29 is 9.18 Å². The van der Waals surface area contributed by atoms with Gasteiger partial charge in [0.1, 0.15) is 5.82 Å². The second-order valence-electron chi connectivity index (χ2n) is 6.39. The monoisotopic (exact) mass is 346 g/mol. The van der Waals surface area contributed by atoms with Gasteiger partial charge in [0, 0.05) is 6.54 Å². The van der Waals surface area contributed by atoms with E-state index in [1.54, 1.807) is 6.07 Å². The average molecular weight is 347 g/mol. The lowest BCUT2D eigenvalue weighted by atomic mass is 9.94. The van der Waals surface area contributed by atoms with Crippen molar-refractivity contribution in [3.63, 3.8) is 0 Å². The summed E-state index contributed by atoms with van der Waals surface area (Å²) in [4.78, 5) is 12.7. The molecule has 0 radical (unpaired) electrons. The fraction of sp³-hybridized carbons (Fsp3) is 0.316. The van der Waals surface area contributed by atoms with E-state index in [4.69, 9.17) is 0 Å². The first-order chi connectivity index (χ1) is 11.2. The van der Waals surface area contributed by atoms with Gasteiger partial charge in [-0.25, -0.2) is 4.39 Å². The van der Waals surface area contributed by atoms with Gasteiger partial charge in [-0.05, 0) is 48.6 Å². The van der Waals surface area contributed by atoms with Crippen molar-refractivity contribution in [2.75, 3.05) is 11.9 Å². The zero-order valence-electron chi connectivity index (χ0n) is 13.3. The highest BCUT2D eigenvalue weighted by molar-refractivity contribution is 6.01. The van der Waals surface area contributed by atoms with Crippen molar-refractivity contribution in [3.8, 4) is 0 Å². The van der Waals surface area contributed by atoms with Crippen molar-refractivity contribution in [2.24, 2.45) is 0 Å². The second kappa shape index (κ2) is 6.54. The third-order valence-electron chi connectivity index (χ3n) is 4.97. The predicted molar refractivity (Wildman–Crippen MR) is 95.0 cm³/mol. The van der Waals surface area contributed by atoms with E-state index < -0.39 is 5.41 Å². The van der Waals surface area contributed by atoms with Gasteiger partial charge in [-0.3, -0.25) is 4.79 Å². The molecule has 1 aliphatic carbocycles. The fourth-order valence-corrected chi connectivity index (χ4v) is 3.40. The standard InChI is InChI=1S/C19H19FN2O.ClH/c20-17-15-8-11-21-12-13(15)6-7-16(17)22-18(23)19(9-10-19)14-4-2-1-3-5-14;/h1-7,21H,8-12H2,(H,22,23);1H. The molecule has 3 nitrogen and oxygen atoms in total. The summed E-state index contributed by atoms with van der Waals surface area (Å²) in [7, 11) is 0. The van der Waals surface area contributed by atoms with Gasteiger partial charge < -0.3 is 10.6 Å². The molecule has 4 rings (SSSR count). The summed E-state index contributed by atoms with van der Waals surface area (Å²) in [6.07, 6.45) is 2.30. The summed E-state index contributed by atoms with van der Waals surface area (Å²) in [5, 5.41) is 6.06. The van der Waals surface area contributed by atoms with Crippen LogP contribution in [0, 0.1) is 5.82 Å². The SMILES string of the molecule is Cl.O=C(Nc1ccc2c(c1F)CCNC2)C1(c2ccccc2)CC1. The summed E-state index contributed by atoms with van der Waals surface area (Å²) in [6.45, 7) is 1.46. The molecule has 0 atom stereocenters. The van der Waals surface area contributed by atoms with Crippen LogP contribution in [0.3, 0.4) is 0 Å². The van der Waals surface area contributed by atoms with E-state index in [0.29, 0.717) is 18.7 Å². The Morgan fingerprint density at radius 3 is 2.58 bits per heavy atom. The van der Waals surface area contributed by atoms with E-state index in [1.807, 2.05) is 36.4 Å². The maximum atomic E-state index is 14.7. The molecule has 24 heavy (non-hydrogen) atoms. The smallest absolute Gasteiger partial charge is 0.235 e. The van der Waals surface area contributed by atoms with Crippen LogP contribution in [0.4, 0.5) is 10.1 Å². The summed E-state index contributed by atoms with van der Waals surface area (Å²) < 4.78 is 14.7. The molecule has 0 bridgehead atoms. The van der Waals surface area contributed by atoms with E-state index in [9.17, 15) is 9.18 Å². The fourth-order valence-electron chi connectivity index (χ4n) is 3.40. The molecule has 5 heteroatoms. The Hall–Kier alpha value is -1.91. The third-order valence-corrected chi connectivity index (χ3v) is 4.97. The molecule has 2 N–H and O–H groups in total. The molecule has 126 valence electrons. The van der Waals surface area contributed by atoms with Gasteiger partial charge in [-0.2, -0.15) is 0 Å². The van der Waals surface area contributed by atoms with E-state index in [0.717, 1.165) is 36.1 Å². The van der Waals surface area contributed by atoms with Crippen molar-refractivity contribution in [1.29, 1.82) is 0 Å². The topological polar surface area (TPSA) is 41.1 Å². The van der Waals surface area contributed by atoms with Crippen molar-refractivity contribution in [2.45, 2.75) is 31.2 Å². The molecule has 1 heterocycles. The molecular formula is C19H20ClFN2O. The normalized spacial score (nSPS) is 17.4. The maximum Gasteiger partial charge on any atom is 0.235 e. The molecule has 1 fully saturated rings. The first kappa shape index (κ1) is 16.9. The van der Waals surface area contributed by atoms with Crippen LogP contribution in [-0.2, 0) is 23.2 Å². The summed E-state index contributed by atoms with van der Waals surface area (Å²) >= 11 is 0. The van der Waals surface area contributed by atoms with Crippen molar-refractivity contribution >= 4 is 24.0 Å². The number of amides is 1. The molecule has 1 amide bonds. The van der Waals surface area contributed by atoms with Gasteiger partial charge in [0.15, 0.2) is 0 Å². The molecule has 2 aromatic rings. The Kier molecular flexibility index (Phi) is 4.61. The Bertz CT molecular complexity index is 759. The molecule has 0 unspecified atom stereocenters. The minimum atomic E-state index is -0.481. The Morgan fingerprint density at radius 2 is 1.88 bits per heavy atom. The zero-order valence-corrected chi connectivity index (χ0v) is 14.1. The van der Waals surface area contributed by atoms with Crippen LogP contribution in [0.5, 0.6) is 0 Å². The zero-order chi connectivity index (χ0) is 15.9. The highest BCUT2D eigenvalue weighted by atomic mass is 35.5. The number of carbonyl (C=O) groups excluding carboxylic acids is 1. The minimum Gasteiger partial charge on any atom is -0.323 e. The number of benzene rings is 2. The lowest BCUT2D eigenvalue weighted by molar-refractivity contribution is -0.118. The van der Waals surface area contributed by atoms with Gasteiger partial charge in [-0.1, -0.05) is 36.4 Å². The van der Waals surface area contributed by atoms with Crippen molar-refractivity contribution in [1.82, 2.24) is 5.32 Å². The van der Waals surface area contributed by atoms with E-state index in [2.05, 4.69) is 10.6 Å². The highest BCUT2D eigenvalue weighted by Crippen LogP contribution is 2.49. The van der Waals surface area contributed by atoms with E-state index in [-0.39, 0.29) is 24.1 Å². The molecule has 1 aliphatic heterocycles. The average Bonchev–Trinajstić information content (AvgIpc) is 3.40. The first-order valence-electron chi connectivity index (χ1n) is 8.09. The van der Waals surface area contributed by atoms with Crippen molar-refractivity contribution in [3.05, 3.63) is 65.0 Å². The lowest BCUT2D eigenvalue weighted by Gasteiger charge is -2.21. The molecule has 2 aliphatic rings. The third kappa shape index (κ3) is 2.80. The number of halogens is 2. The van der Waals surface area contributed by atoms with Gasteiger partial charge in [0.2, 0.25) is 5.91 Å². The van der Waals surface area contributed by atoms with Crippen LogP contribution in [0.2, 0.25) is 0 Å².